The van der Waals surface area contributed by atoms with Gasteiger partial charge in [0, 0.05) is 13.1 Å². The molecule has 2 aliphatic rings. The molecule has 0 radical (unpaired) electrons. The van der Waals surface area contributed by atoms with Crippen molar-refractivity contribution in [2.45, 2.75) is 19.8 Å². The fourth-order valence-electron chi connectivity index (χ4n) is 2.65. The molecule has 70 valence electrons. The van der Waals surface area contributed by atoms with Gasteiger partial charge in [0.2, 0.25) is 0 Å². The summed E-state index contributed by atoms with van der Waals surface area (Å²) in [6, 6.07) is 0. The van der Waals surface area contributed by atoms with Crippen LogP contribution in [0.1, 0.15) is 19.8 Å². The molecule has 0 amide bonds. The summed E-state index contributed by atoms with van der Waals surface area (Å²) >= 11 is 0. The Morgan fingerprint density at radius 1 is 1.33 bits per heavy atom. The molecule has 0 aromatic heterocycles. The number of nitrogens with zero attached hydrogens (tertiary/aromatic N) is 1. The molecule has 0 bridgehead atoms. The van der Waals surface area contributed by atoms with Crippen LogP contribution in [0.4, 0.5) is 0 Å². The van der Waals surface area contributed by atoms with Gasteiger partial charge in [0.1, 0.15) is 0 Å². The lowest BCUT2D eigenvalue weighted by atomic mass is 10.2. The molecule has 2 unspecified atom stereocenters. The zero-order valence-electron chi connectivity index (χ0n) is 8.00. The molecule has 2 atom stereocenters. The third-order valence-electron chi connectivity index (χ3n) is 3.55. The predicted octanol–water partition coefficient (Wildman–Crippen LogP) is 0.923. The smallest absolute Gasteiger partial charge is 0.00163 e. The second-order valence-electron chi connectivity index (χ2n) is 4.34. The zero-order valence-corrected chi connectivity index (χ0v) is 8.00. The van der Waals surface area contributed by atoms with E-state index < -0.39 is 0 Å². The van der Waals surface area contributed by atoms with Crippen molar-refractivity contribution in [1.82, 2.24) is 4.90 Å². The summed E-state index contributed by atoms with van der Waals surface area (Å²) in [6.07, 6.45) is 2.69. The van der Waals surface area contributed by atoms with Crippen molar-refractivity contribution in [3.63, 3.8) is 0 Å². The Hall–Kier alpha value is -0.0800. The quantitative estimate of drug-likeness (QED) is 0.676. The first kappa shape index (κ1) is 8.52. The minimum atomic E-state index is 0.892. The summed E-state index contributed by atoms with van der Waals surface area (Å²) in [7, 11) is 0. The first-order valence-corrected chi connectivity index (χ1v) is 5.29. The van der Waals surface area contributed by atoms with E-state index in [0.29, 0.717) is 0 Å². The second-order valence-corrected chi connectivity index (χ2v) is 4.34. The van der Waals surface area contributed by atoms with Gasteiger partial charge in [0.25, 0.3) is 0 Å². The fraction of sp³-hybridized carbons (Fsp3) is 1.00. The van der Waals surface area contributed by atoms with Crippen LogP contribution in [-0.2, 0) is 0 Å². The highest BCUT2D eigenvalue weighted by atomic mass is 15.2. The summed E-state index contributed by atoms with van der Waals surface area (Å²) in [5.74, 6) is 2.85. The van der Waals surface area contributed by atoms with Gasteiger partial charge in [-0.15, -0.1) is 0 Å². The number of fused-ring (bicyclic) bond motifs is 1. The van der Waals surface area contributed by atoms with E-state index >= 15 is 0 Å². The van der Waals surface area contributed by atoms with Gasteiger partial charge in [-0.25, -0.2) is 0 Å². The van der Waals surface area contributed by atoms with Crippen molar-refractivity contribution in [3.05, 3.63) is 0 Å². The highest BCUT2D eigenvalue weighted by molar-refractivity contribution is 5.05. The first-order chi connectivity index (χ1) is 5.86. The minimum Gasteiger partial charge on any atom is -0.330 e. The Bertz CT molecular complexity index is 146. The van der Waals surface area contributed by atoms with E-state index in [-0.39, 0.29) is 0 Å². The molecule has 1 saturated heterocycles. The Labute approximate surface area is 75.1 Å². The largest absolute Gasteiger partial charge is 0.330 e. The number of nitrogens with two attached hydrogens (primary N) is 1. The highest BCUT2D eigenvalue weighted by Crippen LogP contribution is 2.50. The van der Waals surface area contributed by atoms with Crippen molar-refractivity contribution in [3.8, 4) is 0 Å². The second kappa shape index (κ2) is 3.35. The lowest BCUT2D eigenvalue weighted by Crippen LogP contribution is -2.27. The lowest BCUT2D eigenvalue weighted by Gasteiger charge is -2.18. The monoisotopic (exact) mass is 168 g/mol. The lowest BCUT2D eigenvalue weighted by molar-refractivity contribution is 0.282. The van der Waals surface area contributed by atoms with E-state index in [1.807, 2.05) is 0 Å². The van der Waals surface area contributed by atoms with Crippen LogP contribution in [0, 0.1) is 17.8 Å². The Balaban J connectivity index is 1.68. The van der Waals surface area contributed by atoms with Crippen molar-refractivity contribution < 1.29 is 0 Å². The molecule has 2 nitrogen and oxygen atoms in total. The Morgan fingerprint density at radius 3 is 2.50 bits per heavy atom. The van der Waals surface area contributed by atoms with Gasteiger partial charge >= 0.3 is 0 Å². The van der Waals surface area contributed by atoms with Gasteiger partial charge in [0.15, 0.2) is 0 Å². The van der Waals surface area contributed by atoms with Crippen molar-refractivity contribution in [1.29, 1.82) is 0 Å². The molecule has 1 heterocycles. The van der Waals surface area contributed by atoms with Crippen LogP contribution in [0.25, 0.3) is 0 Å². The molecular formula is C10H20N2. The number of rotatable bonds is 4. The summed E-state index contributed by atoms with van der Waals surface area (Å²) < 4.78 is 0. The average Bonchev–Trinajstić information content (AvgIpc) is 2.56. The molecule has 0 aromatic carbocycles. The van der Waals surface area contributed by atoms with Crippen molar-refractivity contribution >= 4 is 0 Å². The van der Waals surface area contributed by atoms with Crippen LogP contribution in [0.3, 0.4) is 0 Å². The fourth-order valence-corrected chi connectivity index (χ4v) is 2.65. The maximum atomic E-state index is 5.65. The number of likely N-dealkylation sites (tertiary alicyclic amines) is 1. The van der Waals surface area contributed by atoms with Gasteiger partial charge in [-0.2, -0.15) is 0 Å². The third-order valence-corrected chi connectivity index (χ3v) is 3.55. The number of hydrogen-bond donors (Lipinski definition) is 1. The van der Waals surface area contributed by atoms with Gasteiger partial charge < -0.3 is 10.6 Å². The number of unbranched alkanes of at least 4 members (excludes halogenated alkanes) is 1. The summed E-state index contributed by atoms with van der Waals surface area (Å²) in [5, 5.41) is 0. The van der Waals surface area contributed by atoms with Crippen LogP contribution >= 0.6 is 0 Å². The van der Waals surface area contributed by atoms with E-state index in [1.54, 1.807) is 0 Å². The molecular weight excluding hydrogens is 148 g/mol. The number of piperidine rings is 1. The molecule has 1 saturated carbocycles. The summed E-state index contributed by atoms with van der Waals surface area (Å²) in [5.41, 5.74) is 5.65. The summed E-state index contributed by atoms with van der Waals surface area (Å²) in [6.45, 7) is 7.19. The minimum absolute atomic E-state index is 0.892. The van der Waals surface area contributed by atoms with E-state index in [2.05, 4.69) is 11.8 Å². The standard InChI is InChI=1S/C10H20N2/c1-2-3-4-12-6-9-8(5-11)10(9)7-12/h8-10H,2-7,11H2,1H3. The van der Waals surface area contributed by atoms with E-state index in [0.717, 1.165) is 24.3 Å². The molecule has 2 heteroatoms. The SMILES string of the molecule is CCCCN1CC2C(CN)C2C1. The van der Waals surface area contributed by atoms with Crippen molar-refractivity contribution in [2.75, 3.05) is 26.2 Å². The highest BCUT2D eigenvalue weighted by Gasteiger charge is 2.54. The molecule has 0 aromatic rings. The molecule has 1 aliphatic carbocycles. The average molecular weight is 168 g/mol. The normalized spacial score (nSPS) is 40.0. The van der Waals surface area contributed by atoms with Gasteiger partial charge in [-0.3, -0.25) is 0 Å². The van der Waals surface area contributed by atoms with Gasteiger partial charge in [-0.1, -0.05) is 13.3 Å². The van der Waals surface area contributed by atoms with Crippen LogP contribution in [0.2, 0.25) is 0 Å². The van der Waals surface area contributed by atoms with E-state index in [4.69, 9.17) is 5.73 Å². The predicted molar refractivity (Wildman–Crippen MR) is 50.9 cm³/mol. The maximum Gasteiger partial charge on any atom is 0.00163 e. The van der Waals surface area contributed by atoms with Gasteiger partial charge in [0.05, 0.1) is 0 Å². The van der Waals surface area contributed by atoms with E-state index in [9.17, 15) is 0 Å². The van der Waals surface area contributed by atoms with Crippen LogP contribution in [0.15, 0.2) is 0 Å². The molecule has 2 rings (SSSR count). The zero-order chi connectivity index (χ0) is 8.55. The van der Waals surface area contributed by atoms with Gasteiger partial charge in [-0.05, 0) is 37.3 Å². The molecule has 0 spiro atoms. The van der Waals surface area contributed by atoms with Crippen LogP contribution in [0.5, 0.6) is 0 Å². The van der Waals surface area contributed by atoms with E-state index in [1.165, 1.54) is 32.5 Å². The summed E-state index contributed by atoms with van der Waals surface area (Å²) in [4.78, 5) is 2.62. The third kappa shape index (κ3) is 1.38. The van der Waals surface area contributed by atoms with Crippen LogP contribution < -0.4 is 5.73 Å². The number of hydrogen-bond acceptors (Lipinski definition) is 2. The molecule has 2 N–H and O–H groups in total. The Morgan fingerprint density at radius 2 is 2.00 bits per heavy atom. The molecule has 2 fully saturated rings. The van der Waals surface area contributed by atoms with Crippen molar-refractivity contribution in [2.24, 2.45) is 23.5 Å². The topological polar surface area (TPSA) is 29.3 Å². The maximum absolute atomic E-state index is 5.65. The van der Waals surface area contributed by atoms with Crippen LogP contribution in [-0.4, -0.2) is 31.1 Å². The Kier molecular flexibility index (Phi) is 2.37. The first-order valence-electron chi connectivity index (χ1n) is 5.29. The molecule has 12 heavy (non-hydrogen) atoms. The molecule has 1 aliphatic heterocycles.